The van der Waals surface area contributed by atoms with E-state index >= 15 is 0 Å². The van der Waals surface area contributed by atoms with Gasteiger partial charge in [0.25, 0.3) is 0 Å². The molecule has 0 saturated heterocycles. The van der Waals surface area contributed by atoms with Crippen molar-refractivity contribution in [3.63, 3.8) is 0 Å². The Morgan fingerprint density at radius 1 is 0.850 bits per heavy atom. The summed E-state index contributed by atoms with van der Waals surface area (Å²) in [5, 5.41) is 3.90. The van der Waals surface area contributed by atoms with Crippen molar-refractivity contribution in [2.45, 2.75) is 76.2 Å². The van der Waals surface area contributed by atoms with E-state index in [0.717, 1.165) is 12.0 Å². The van der Waals surface area contributed by atoms with Gasteiger partial charge in [-0.25, -0.2) is 0 Å². The highest BCUT2D eigenvalue weighted by Gasteiger charge is 2.20. The minimum absolute atomic E-state index is 0.755. The van der Waals surface area contributed by atoms with Gasteiger partial charge >= 0.3 is 0 Å². The van der Waals surface area contributed by atoms with Crippen LogP contribution in [0.15, 0.2) is 24.3 Å². The molecule has 0 bridgehead atoms. The average Bonchev–Trinajstić information content (AvgIpc) is 2.46. The molecular formula is C19H29N. The normalized spacial score (nSPS) is 24.7. The minimum Gasteiger partial charge on any atom is -0.313 e. The van der Waals surface area contributed by atoms with Crippen molar-refractivity contribution in [1.29, 1.82) is 0 Å². The molecule has 110 valence electrons. The smallest absolute Gasteiger partial charge is 0.00673 e. The van der Waals surface area contributed by atoms with Gasteiger partial charge in [-0.1, -0.05) is 56.4 Å². The first-order chi connectivity index (χ1) is 9.93. The molecule has 0 spiro atoms. The molecule has 1 aromatic rings. The van der Waals surface area contributed by atoms with Crippen LogP contribution in [0.4, 0.5) is 0 Å². The third-order valence-corrected chi connectivity index (χ3v) is 5.25. The molecule has 2 aliphatic rings. The van der Waals surface area contributed by atoms with Crippen LogP contribution in [0.1, 0.15) is 74.8 Å². The second-order valence-corrected chi connectivity index (χ2v) is 6.74. The maximum Gasteiger partial charge on any atom is 0.00673 e. The van der Waals surface area contributed by atoms with Crippen molar-refractivity contribution in [2.24, 2.45) is 0 Å². The Morgan fingerprint density at radius 2 is 1.60 bits per heavy atom. The summed E-state index contributed by atoms with van der Waals surface area (Å²) < 4.78 is 0. The number of hydrogen-bond acceptors (Lipinski definition) is 1. The van der Waals surface area contributed by atoms with Gasteiger partial charge in [-0.05, 0) is 49.1 Å². The summed E-state index contributed by atoms with van der Waals surface area (Å²) in [4.78, 5) is 0. The van der Waals surface area contributed by atoms with Crippen LogP contribution in [0.2, 0.25) is 0 Å². The maximum atomic E-state index is 3.90. The minimum atomic E-state index is 0.755. The van der Waals surface area contributed by atoms with Crippen LogP contribution in [-0.4, -0.2) is 12.6 Å². The molecule has 1 heteroatoms. The number of nitrogens with one attached hydrogen (secondary N) is 1. The Morgan fingerprint density at radius 3 is 2.45 bits per heavy atom. The Labute approximate surface area is 124 Å². The molecule has 0 amide bonds. The zero-order valence-corrected chi connectivity index (χ0v) is 12.7. The van der Waals surface area contributed by atoms with Gasteiger partial charge in [0.1, 0.15) is 0 Å². The monoisotopic (exact) mass is 271 g/mol. The first kappa shape index (κ1) is 14.1. The van der Waals surface area contributed by atoms with E-state index in [4.69, 9.17) is 0 Å². The molecule has 3 rings (SSSR count). The molecule has 1 fully saturated rings. The Hall–Kier alpha value is -0.820. The summed E-state index contributed by atoms with van der Waals surface area (Å²) in [7, 11) is 0. The van der Waals surface area contributed by atoms with E-state index in [1.54, 1.807) is 11.1 Å². The van der Waals surface area contributed by atoms with Crippen LogP contribution < -0.4 is 5.32 Å². The van der Waals surface area contributed by atoms with E-state index in [1.807, 2.05) is 0 Å². The van der Waals surface area contributed by atoms with Gasteiger partial charge in [-0.15, -0.1) is 0 Å². The Kier molecular flexibility index (Phi) is 5.13. The fourth-order valence-corrected chi connectivity index (χ4v) is 4.04. The number of rotatable bonds is 3. The summed E-state index contributed by atoms with van der Waals surface area (Å²) in [6, 6.07) is 9.89. The molecule has 0 aliphatic heterocycles. The molecule has 1 atom stereocenters. The molecule has 1 saturated carbocycles. The van der Waals surface area contributed by atoms with Gasteiger partial charge in [-0.2, -0.15) is 0 Å². The van der Waals surface area contributed by atoms with Crippen LogP contribution in [0.3, 0.4) is 0 Å². The Balaban J connectivity index is 1.55. The van der Waals surface area contributed by atoms with Crippen molar-refractivity contribution in [1.82, 2.24) is 5.32 Å². The number of benzene rings is 1. The summed E-state index contributed by atoms with van der Waals surface area (Å²) in [5.74, 6) is 0.755. The predicted molar refractivity (Wildman–Crippen MR) is 86.2 cm³/mol. The van der Waals surface area contributed by atoms with Crippen molar-refractivity contribution >= 4 is 0 Å². The fourth-order valence-electron chi connectivity index (χ4n) is 4.04. The highest BCUT2D eigenvalue weighted by atomic mass is 14.9. The second kappa shape index (κ2) is 7.26. The van der Waals surface area contributed by atoms with Crippen LogP contribution in [-0.2, 0) is 6.42 Å². The van der Waals surface area contributed by atoms with E-state index in [1.165, 1.54) is 70.8 Å². The van der Waals surface area contributed by atoms with E-state index < -0.39 is 0 Å². The van der Waals surface area contributed by atoms with Gasteiger partial charge in [0, 0.05) is 12.6 Å². The van der Waals surface area contributed by atoms with Gasteiger partial charge in [0.2, 0.25) is 0 Å². The zero-order chi connectivity index (χ0) is 13.6. The standard InChI is InChI=1S/C19H29N/c1-2-4-12-18(13-5-3-1)20-15-17-11-8-10-16-9-6-7-14-19(16)17/h6-7,9,14,17-18,20H,1-5,8,10-13,15H2. The highest BCUT2D eigenvalue weighted by molar-refractivity contribution is 5.32. The van der Waals surface area contributed by atoms with Crippen molar-refractivity contribution in [3.8, 4) is 0 Å². The molecule has 0 aromatic heterocycles. The molecule has 20 heavy (non-hydrogen) atoms. The summed E-state index contributed by atoms with van der Waals surface area (Å²) in [6.45, 7) is 1.20. The average molecular weight is 271 g/mol. The van der Waals surface area contributed by atoms with Crippen LogP contribution in [0, 0.1) is 0 Å². The van der Waals surface area contributed by atoms with Crippen LogP contribution >= 0.6 is 0 Å². The molecule has 1 aromatic carbocycles. The number of aryl methyl sites for hydroxylation is 1. The number of fused-ring (bicyclic) bond motifs is 1. The highest BCUT2D eigenvalue weighted by Crippen LogP contribution is 2.31. The Bertz CT molecular complexity index is 404. The molecule has 1 unspecified atom stereocenters. The van der Waals surface area contributed by atoms with Gasteiger partial charge in [-0.3, -0.25) is 0 Å². The predicted octanol–water partition coefficient (Wildman–Crippen LogP) is 4.81. The fraction of sp³-hybridized carbons (Fsp3) is 0.684. The lowest BCUT2D eigenvalue weighted by molar-refractivity contribution is 0.372. The SMILES string of the molecule is c1ccc2c(c1)CCCC2CNC1CCCCCCC1. The van der Waals surface area contributed by atoms with E-state index in [0.29, 0.717) is 0 Å². The summed E-state index contributed by atoms with van der Waals surface area (Å²) in [5.41, 5.74) is 3.22. The lowest BCUT2D eigenvalue weighted by atomic mass is 9.82. The largest absolute Gasteiger partial charge is 0.313 e. The van der Waals surface area contributed by atoms with Crippen LogP contribution in [0.5, 0.6) is 0 Å². The van der Waals surface area contributed by atoms with E-state index in [2.05, 4.69) is 29.6 Å². The van der Waals surface area contributed by atoms with E-state index in [9.17, 15) is 0 Å². The number of hydrogen-bond donors (Lipinski definition) is 1. The second-order valence-electron chi connectivity index (χ2n) is 6.74. The summed E-state index contributed by atoms with van der Waals surface area (Å²) >= 11 is 0. The lowest BCUT2D eigenvalue weighted by Gasteiger charge is -2.28. The quantitative estimate of drug-likeness (QED) is 0.832. The third-order valence-electron chi connectivity index (χ3n) is 5.25. The first-order valence-corrected chi connectivity index (χ1v) is 8.74. The van der Waals surface area contributed by atoms with E-state index in [-0.39, 0.29) is 0 Å². The zero-order valence-electron chi connectivity index (χ0n) is 12.7. The maximum absolute atomic E-state index is 3.90. The molecule has 1 N–H and O–H groups in total. The first-order valence-electron chi connectivity index (χ1n) is 8.74. The molecule has 2 aliphatic carbocycles. The summed E-state index contributed by atoms with van der Waals surface area (Å²) in [6.07, 6.45) is 14.0. The van der Waals surface area contributed by atoms with Crippen molar-refractivity contribution in [2.75, 3.05) is 6.54 Å². The molecule has 1 nitrogen and oxygen atoms in total. The lowest BCUT2D eigenvalue weighted by Crippen LogP contribution is -2.34. The van der Waals surface area contributed by atoms with Crippen LogP contribution in [0.25, 0.3) is 0 Å². The molecule has 0 radical (unpaired) electrons. The third kappa shape index (κ3) is 3.63. The topological polar surface area (TPSA) is 12.0 Å². The molecular weight excluding hydrogens is 242 g/mol. The molecule has 0 heterocycles. The van der Waals surface area contributed by atoms with Gasteiger partial charge in [0.05, 0.1) is 0 Å². The van der Waals surface area contributed by atoms with Gasteiger partial charge in [0.15, 0.2) is 0 Å². The van der Waals surface area contributed by atoms with Gasteiger partial charge < -0.3 is 5.32 Å². The van der Waals surface area contributed by atoms with Crippen molar-refractivity contribution in [3.05, 3.63) is 35.4 Å². The van der Waals surface area contributed by atoms with Crippen molar-refractivity contribution < 1.29 is 0 Å².